The highest BCUT2D eigenvalue weighted by atomic mass is 79.9. The second-order valence-electron chi connectivity index (χ2n) is 4.76. The van der Waals surface area contributed by atoms with Crippen LogP contribution in [0, 0.1) is 5.92 Å². The predicted octanol–water partition coefficient (Wildman–Crippen LogP) is 3.55. The molecule has 1 aromatic rings. The van der Waals surface area contributed by atoms with Crippen molar-refractivity contribution in [3.8, 4) is 0 Å². The van der Waals surface area contributed by atoms with E-state index in [-0.39, 0.29) is 0 Å². The smallest absolute Gasteiger partial charge is 0.170 e. The molecular weight excluding hydrogens is 324 g/mol. The van der Waals surface area contributed by atoms with Crippen molar-refractivity contribution in [1.82, 2.24) is 5.32 Å². The molecule has 1 fully saturated rings. The lowest BCUT2D eigenvalue weighted by molar-refractivity contribution is 0.123. The number of halogens is 1. The molecule has 1 aromatic carbocycles. The molecule has 1 aliphatic rings. The summed E-state index contributed by atoms with van der Waals surface area (Å²) in [5.74, 6) is 0.840. The number of hydrogen-bond acceptors (Lipinski definition) is 2. The summed E-state index contributed by atoms with van der Waals surface area (Å²) >= 11 is 8.66. The Bertz CT molecular complexity index is 424. The second-order valence-corrected chi connectivity index (χ2v) is 6.09. The van der Waals surface area contributed by atoms with Crippen molar-refractivity contribution in [2.24, 2.45) is 5.92 Å². The van der Waals surface area contributed by atoms with E-state index in [0.717, 1.165) is 42.3 Å². The third-order valence-electron chi connectivity index (χ3n) is 2.88. The van der Waals surface area contributed by atoms with E-state index in [1.807, 2.05) is 24.3 Å². The molecule has 1 saturated carbocycles. The SMILES string of the molecule is S=C(NCCCOCC1CC1)Nc1cccc(Br)c1. The molecule has 3 nitrogen and oxygen atoms in total. The van der Waals surface area contributed by atoms with Crippen LogP contribution in [0.25, 0.3) is 0 Å². The van der Waals surface area contributed by atoms with Crippen LogP contribution < -0.4 is 10.6 Å². The lowest BCUT2D eigenvalue weighted by Gasteiger charge is -2.10. The molecule has 0 aliphatic heterocycles. The standard InChI is InChI=1S/C14H19BrN2OS/c15-12-3-1-4-13(9-12)17-14(19)16-7-2-8-18-10-11-5-6-11/h1,3-4,9,11H,2,5-8,10H2,(H2,16,17,19). The largest absolute Gasteiger partial charge is 0.381 e. The average Bonchev–Trinajstić information content (AvgIpc) is 3.17. The number of hydrogen-bond donors (Lipinski definition) is 2. The van der Waals surface area contributed by atoms with E-state index in [0.29, 0.717) is 5.11 Å². The number of ether oxygens (including phenoxy) is 1. The van der Waals surface area contributed by atoms with Crippen molar-refractivity contribution in [3.05, 3.63) is 28.7 Å². The van der Waals surface area contributed by atoms with E-state index in [9.17, 15) is 0 Å². The van der Waals surface area contributed by atoms with E-state index in [2.05, 4.69) is 26.6 Å². The molecule has 2 rings (SSSR count). The Balaban J connectivity index is 1.53. The Hall–Kier alpha value is -0.650. The maximum Gasteiger partial charge on any atom is 0.170 e. The van der Waals surface area contributed by atoms with Gasteiger partial charge in [-0.3, -0.25) is 0 Å². The van der Waals surface area contributed by atoms with Crippen LogP contribution in [0.3, 0.4) is 0 Å². The van der Waals surface area contributed by atoms with Gasteiger partial charge in [-0.1, -0.05) is 22.0 Å². The number of benzene rings is 1. The molecular formula is C14H19BrN2OS. The molecule has 0 saturated heterocycles. The van der Waals surface area contributed by atoms with Gasteiger partial charge in [0.2, 0.25) is 0 Å². The van der Waals surface area contributed by atoms with Gasteiger partial charge in [0.05, 0.1) is 0 Å². The second kappa shape index (κ2) is 7.82. The zero-order valence-electron chi connectivity index (χ0n) is 10.8. The molecule has 0 bridgehead atoms. The number of thiocarbonyl (C=S) groups is 1. The Morgan fingerprint density at radius 2 is 2.26 bits per heavy atom. The third kappa shape index (κ3) is 6.36. The van der Waals surface area contributed by atoms with Crippen LogP contribution in [-0.4, -0.2) is 24.9 Å². The molecule has 1 aliphatic carbocycles. The topological polar surface area (TPSA) is 33.3 Å². The van der Waals surface area contributed by atoms with E-state index in [1.165, 1.54) is 12.8 Å². The summed E-state index contributed by atoms with van der Waals surface area (Å²) in [7, 11) is 0. The monoisotopic (exact) mass is 342 g/mol. The quantitative estimate of drug-likeness (QED) is 0.586. The number of anilines is 1. The summed E-state index contributed by atoms with van der Waals surface area (Å²) in [5, 5.41) is 6.98. The Kier molecular flexibility index (Phi) is 6.07. The highest BCUT2D eigenvalue weighted by Crippen LogP contribution is 2.28. The van der Waals surface area contributed by atoms with Crippen LogP contribution in [0.2, 0.25) is 0 Å². The lowest BCUT2D eigenvalue weighted by Crippen LogP contribution is -2.29. The number of nitrogens with one attached hydrogen (secondary N) is 2. The third-order valence-corrected chi connectivity index (χ3v) is 3.62. The van der Waals surface area contributed by atoms with E-state index >= 15 is 0 Å². The first kappa shape index (κ1) is 14.8. The molecule has 0 amide bonds. The van der Waals surface area contributed by atoms with Crippen LogP contribution in [0.5, 0.6) is 0 Å². The highest BCUT2D eigenvalue weighted by molar-refractivity contribution is 9.10. The zero-order chi connectivity index (χ0) is 13.5. The minimum atomic E-state index is 0.653. The first-order valence-corrected chi connectivity index (χ1v) is 7.82. The van der Waals surface area contributed by atoms with E-state index < -0.39 is 0 Å². The van der Waals surface area contributed by atoms with Gasteiger partial charge >= 0.3 is 0 Å². The summed E-state index contributed by atoms with van der Waals surface area (Å²) in [4.78, 5) is 0. The Morgan fingerprint density at radius 3 is 3.00 bits per heavy atom. The van der Waals surface area contributed by atoms with Gasteiger partial charge in [-0.15, -0.1) is 0 Å². The fourth-order valence-corrected chi connectivity index (χ4v) is 2.27. The summed E-state index contributed by atoms with van der Waals surface area (Å²) < 4.78 is 6.60. The van der Waals surface area contributed by atoms with Gasteiger partial charge in [0, 0.05) is 29.9 Å². The van der Waals surface area contributed by atoms with Gasteiger partial charge < -0.3 is 15.4 Å². The predicted molar refractivity (Wildman–Crippen MR) is 86.5 cm³/mol. The number of rotatable bonds is 7. The minimum absolute atomic E-state index is 0.653. The molecule has 0 radical (unpaired) electrons. The van der Waals surface area contributed by atoms with Crippen molar-refractivity contribution in [2.45, 2.75) is 19.3 Å². The summed E-state index contributed by atoms with van der Waals surface area (Å²) in [6.07, 6.45) is 3.67. The van der Waals surface area contributed by atoms with E-state index in [4.69, 9.17) is 17.0 Å². The molecule has 2 N–H and O–H groups in total. The summed E-state index contributed by atoms with van der Waals surface area (Å²) in [6.45, 7) is 2.58. The van der Waals surface area contributed by atoms with Crippen LogP contribution in [0.15, 0.2) is 28.7 Å². The van der Waals surface area contributed by atoms with Crippen LogP contribution in [0.1, 0.15) is 19.3 Å². The Labute approximate surface area is 128 Å². The van der Waals surface area contributed by atoms with Crippen LogP contribution >= 0.6 is 28.1 Å². The summed E-state index contributed by atoms with van der Waals surface area (Å²) in [5.41, 5.74) is 0.983. The van der Waals surface area contributed by atoms with Gasteiger partial charge in [0.15, 0.2) is 5.11 Å². The fourth-order valence-electron chi connectivity index (χ4n) is 1.65. The Morgan fingerprint density at radius 1 is 1.42 bits per heavy atom. The van der Waals surface area contributed by atoms with Crippen molar-refractivity contribution in [3.63, 3.8) is 0 Å². The normalized spacial score (nSPS) is 14.2. The zero-order valence-corrected chi connectivity index (χ0v) is 13.2. The maximum absolute atomic E-state index is 5.56. The highest BCUT2D eigenvalue weighted by Gasteiger charge is 2.20. The molecule has 0 atom stereocenters. The van der Waals surface area contributed by atoms with E-state index in [1.54, 1.807) is 0 Å². The van der Waals surface area contributed by atoms with Gasteiger partial charge in [-0.2, -0.15) is 0 Å². The first-order chi connectivity index (χ1) is 9.24. The molecule has 5 heteroatoms. The van der Waals surface area contributed by atoms with Gasteiger partial charge in [-0.05, 0) is 55.6 Å². The van der Waals surface area contributed by atoms with Crippen molar-refractivity contribution in [1.29, 1.82) is 0 Å². The van der Waals surface area contributed by atoms with Crippen molar-refractivity contribution < 1.29 is 4.74 Å². The molecule has 104 valence electrons. The van der Waals surface area contributed by atoms with Gasteiger partial charge in [0.1, 0.15) is 0 Å². The average molecular weight is 343 g/mol. The molecule has 19 heavy (non-hydrogen) atoms. The van der Waals surface area contributed by atoms with Gasteiger partial charge in [-0.25, -0.2) is 0 Å². The molecule has 0 unspecified atom stereocenters. The molecule has 0 aromatic heterocycles. The fraction of sp³-hybridized carbons (Fsp3) is 0.500. The van der Waals surface area contributed by atoms with Crippen molar-refractivity contribution >= 4 is 38.9 Å². The van der Waals surface area contributed by atoms with Crippen molar-refractivity contribution in [2.75, 3.05) is 25.1 Å². The maximum atomic E-state index is 5.56. The van der Waals surface area contributed by atoms with Crippen LogP contribution in [0.4, 0.5) is 5.69 Å². The molecule has 0 heterocycles. The first-order valence-electron chi connectivity index (χ1n) is 6.62. The summed E-state index contributed by atoms with van der Waals surface area (Å²) in [6, 6.07) is 7.93. The van der Waals surface area contributed by atoms with Crippen LogP contribution in [-0.2, 0) is 4.74 Å². The lowest BCUT2D eigenvalue weighted by atomic mass is 10.3. The molecule has 0 spiro atoms. The minimum Gasteiger partial charge on any atom is -0.381 e. The van der Waals surface area contributed by atoms with Gasteiger partial charge in [0.25, 0.3) is 0 Å².